The maximum Gasteiger partial charge on any atom is 0.338 e. The summed E-state index contributed by atoms with van der Waals surface area (Å²) in [6.07, 6.45) is 1.75. The largest absolute Gasteiger partial charge is 0.496 e. The topological polar surface area (TPSA) is 57.7 Å². The molecule has 5 nitrogen and oxygen atoms in total. The Balaban J connectivity index is 1.96. The molecule has 0 N–H and O–H groups in total. The van der Waals surface area contributed by atoms with Crippen LogP contribution in [-0.4, -0.2) is 25.2 Å². The number of benzene rings is 2. The first kappa shape index (κ1) is 18.5. The first-order chi connectivity index (χ1) is 13.1. The van der Waals surface area contributed by atoms with Crippen LogP contribution in [0, 0.1) is 6.92 Å². The standard InChI is InChI=1S/C22H21NO4/c1-15-7-6-12-23-20(15)14-27-16-10-11-21(25-2)19(13-16)17-8-4-5-9-18(17)22(24)26-3/h4-13H,14H2,1-3H3. The van der Waals surface area contributed by atoms with Crippen molar-refractivity contribution in [3.63, 3.8) is 0 Å². The molecule has 5 heteroatoms. The van der Waals surface area contributed by atoms with Crippen LogP contribution in [0.1, 0.15) is 21.6 Å². The number of nitrogens with zero attached hydrogens (tertiary/aromatic N) is 1. The van der Waals surface area contributed by atoms with Gasteiger partial charge in [0, 0.05) is 17.3 Å². The Labute approximate surface area is 158 Å². The molecule has 0 aliphatic rings. The monoisotopic (exact) mass is 363 g/mol. The van der Waals surface area contributed by atoms with Gasteiger partial charge in [0.2, 0.25) is 0 Å². The summed E-state index contributed by atoms with van der Waals surface area (Å²) in [6, 6.07) is 16.7. The van der Waals surface area contributed by atoms with Crippen LogP contribution in [0.5, 0.6) is 11.5 Å². The quantitative estimate of drug-likeness (QED) is 0.606. The number of aromatic nitrogens is 1. The van der Waals surface area contributed by atoms with Crippen molar-refractivity contribution in [1.82, 2.24) is 4.98 Å². The molecule has 0 radical (unpaired) electrons. The first-order valence-electron chi connectivity index (χ1n) is 8.53. The van der Waals surface area contributed by atoms with E-state index in [-0.39, 0.29) is 0 Å². The number of ether oxygens (including phenoxy) is 3. The highest BCUT2D eigenvalue weighted by Gasteiger charge is 2.16. The van der Waals surface area contributed by atoms with Crippen molar-refractivity contribution >= 4 is 5.97 Å². The number of methoxy groups -OCH3 is 2. The average Bonchev–Trinajstić information content (AvgIpc) is 2.72. The highest BCUT2D eigenvalue weighted by atomic mass is 16.5. The fourth-order valence-electron chi connectivity index (χ4n) is 2.81. The number of hydrogen-bond acceptors (Lipinski definition) is 5. The van der Waals surface area contributed by atoms with Crippen molar-refractivity contribution in [2.75, 3.05) is 14.2 Å². The summed E-state index contributed by atoms with van der Waals surface area (Å²) in [4.78, 5) is 16.5. The number of carbonyl (C=O) groups excluding carboxylic acids is 1. The molecule has 0 aliphatic heterocycles. The molecule has 0 aliphatic carbocycles. The lowest BCUT2D eigenvalue weighted by Gasteiger charge is -2.14. The van der Waals surface area contributed by atoms with Crippen LogP contribution < -0.4 is 9.47 Å². The third-order valence-electron chi connectivity index (χ3n) is 4.29. The number of carbonyl (C=O) groups is 1. The fraction of sp³-hybridized carbons (Fsp3) is 0.182. The van der Waals surface area contributed by atoms with Crippen LogP contribution in [0.4, 0.5) is 0 Å². The van der Waals surface area contributed by atoms with Crippen LogP contribution >= 0.6 is 0 Å². The minimum atomic E-state index is -0.400. The Kier molecular flexibility index (Phi) is 5.71. The second kappa shape index (κ2) is 8.36. The van der Waals surface area contributed by atoms with Gasteiger partial charge in [-0.15, -0.1) is 0 Å². The van der Waals surface area contributed by atoms with E-state index in [1.165, 1.54) is 7.11 Å². The normalized spacial score (nSPS) is 10.3. The lowest BCUT2D eigenvalue weighted by Crippen LogP contribution is -2.04. The van der Waals surface area contributed by atoms with Gasteiger partial charge in [0.1, 0.15) is 18.1 Å². The van der Waals surface area contributed by atoms with Crippen molar-refractivity contribution in [1.29, 1.82) is 0 Å². The van der Waals surface area contributed by atoms with E-state index in [0.717, 1.165) is 22.4 Å². The Morgan fingerprint density at radius 1 is 1.00 bits per heavy atom. The second-order valence-electron chi connectivity index (χ2n) is 5.95. The fourth-order valence-corrected chi connectivity index (χ4v) is 2.81. The van der Waals surface area contributed by atoms with Gasteiger partial charge in [0.15, 0.2) is 0 Å². The van der Waals surface area contributed by atoms with Crippen molar-refractivity contribution in [3.05, 3.63) is 77.6 Å². The minimum Gasteiger partial charge on any atom is -0.496 e. The SMILES string of the molecule is COC(=O)c1ccccc1-c1cc(OCc2ncccc2C)ccc1OC. The van der Waals surface area contributed by atoms with Crippen LogP contribution in [0.3, 0.4) is 0 Å². The molecule has 138 valence electrons. The smallest absolute Gasteiger partial charge is 0.338 e. The molecule has 0 saturated heterocycles. The second-order valence-corrected chi connectivity index (χ2v) is 5.95. The molecule has 0 bridgehead atoms. The summed E-state index contributed by atoms with van der Waals surface area (Å²) >= 11 is 0. The first-order valence-corrected chi connectivity index (χ1v) is 8.53. The minimum absolute atomic E-state index is 0.358. The highest BCUT2D eigenvalue weighted by Crippen LogP contribution is 2.35. The van der Waals surface area contributed by atoms with Crippen molar-refractivity contribution in [2.45, 2.75) is 13.5 Å². The molecule has 0 amide bonds. The van der Waals surface area contributed by atoms with Gasteiger partial charge in [0.25, 0.3) is 0 Å². The van der Waals surface area contributed by atoms with E-state index in [2.05, 4.69) is 4.98 Å². The zero-order chi connectivity index (χ0) is 19.2. The van der Waals surface area contributed by atoms with Crippen LogP contribution in [0.25, 0.3) is 11.1 Å². The van der Waals surface area contributed by atoms with Crippen molar-refractivity contribution in [2.24, 2.45) is 0 Å². The molecule has 0 spiro atoms. The van der Waals surface area contributed by atoms with E-state index in [4.69, 9.17) is 14.2 Å². The van der Waals surface area contributed by atoms with Gasteiger partial charge in [-0.3, -0.25) is 4.98 Å². The van der Waals surface area contributed by atoms with Crippen molar-refractivity contribution < 1.29 is 19.0 Å². The summed E-state index contributed by atoms with van der Waals surface area (Å²) in [6.45, 7) is 2.36. The predicted molar refractivity (Wildman–Crippen MR) is 103 cm³/mol. The van der Waals surface area contributed by atoms with Crippen molar-refractivity contribution in [3.8, 4) is 22.6 Å². The zero-order valence-corrected chi connectivity index (χ0v) is 15.6. The van der Waals surface area contributed by atoms with Gasteiger partial charge < -0.3 is 14.2 Å². The van der Waals surface area contributed by atoms with E-state index in [1.54, 1.807) is 25.4 Å². The van der Waals surface area contributed by atoms with E-state index in [1.807, 2.05) is 49.4 Å². The van der Waals surface area contributed by atoms with Gasteiger partial charge in [-0.1, -0.05) is 24.3 Å². The number of aryl methyl sites for hydroxylation is 1. The van der Waals surface area contributed by atoms with E-state index in [9.17, 15) is 4.79 Å². The number of hydrogen-bond donors (Lipinski definition) is 0. The Hall–Kier alpha value is -3.34. The maximum atomic E-state index is 12.1. The Morgan fingerprint density at radius 3 is 2.56 bits per heavy atom. The predicted octanol–water partition coefficient (Wildman–Crippen LogP) is 4.43. The molecular formula is C22H21NO4. The Morgan fingerprint density at radius 2 is 1.81 bits per heavy atom. The Bertz CT molecular complexity index is 953. The molecular weight excluding hydrogens is 342 g/mol. The van der Waals surface area contributed by atoms with Gasteiger partial charge in [-0.05, 0) is 42.8 Å². The van der Waals surface area contributed by atoms with E-state index in [0.29, 0.717) is 23.7 Å². The molecule has 0 unspecified atom stereocenters. The van der Waals surface area contributed by atoms with Crippen LogP contribution in [0.2, 0.25) is 0 Å². The number of rotatable bonds is 6. The molecule has 3 rings (SSSR count). The third-order valence-corrected chi connectivity index (χ3v) is 4.29. The lowest BCUT2D eigenvalue weighted by atomic mass is 9.98. The average molecular weight is 363 g/mol. The summed E-state index contributed by atoms with van der Waals surface area (Å²) in [5.41, 5.74) is 3.90. The number of pyridine rings is 1. The molecule has 3 aromatic rings. The zero-order valence-electron chi connectivity index (χ0n) is 15.6. The summed E-state index contributed by atoms with van der Waals surface area (Å²) < 4.78 is 16.3. The molecule has 0 fully saturated rings. The molecule has 1 aromatic heterocycles. The third kappa shape index (κ3) is 4.08. The molecule has 27 heavy (non-hydrogen) atoms. The lowest BCUT2D eigenvalue weighted by molar-refractivity contribution is 0.0601. The highest BCUT2D eigenvalue weighted by molar-refractivity contribution is 5.98. The van der Waals surface area contributed by atoms with E-state index >= 15 is 0 Å². The molecule has 1 heterocycles. The van der Waals surface area contributed by atoms with E-state index < -0.39 is 5.97 Å². The number of esters is 1. The maximum absolute atomic E-state index is 12.1. The van der Waals surface area contributed by atoms with Gasteiger partial charge in [-0.25, -0.2) is 4.79 Å². The summed E-state index contributed by atoms with van der Waals surface area (Å²) in [7, 11) is 2.96. The summed E-state index contributed by atoms with van der Waals surface area (Å²) in [5.74, 6) is 0.909. The van der Waals surface area contributed by atoms with Crippen LogP contribution in [-0.2, 0) is 11.3 Å². The van der Waals surface area contributed by atoms with Gasteiger partial charge in [-0.2, -0.15) is 0 Å². The molecule has 0 atom stereocenters. The summed E-state index contributed by atoms with van der Waals surface area (Å²) in [5, 5.41) is 0. The van der Waals surface area contributed by atoms with Gasteiger partial charge in [0.05, 0.1) is 25.5 Å². The van der Waals surface area contributed by atoms with Gasteiger partial charge >= 0.3 is 5.97 Å². The molecule has 2 aromatic carbocycles. The van der Waals surface area contributed by atoms with Crippen LogP contribution in [0.15, 0.2) is 60.8 Å². The molecule has 0 saturated carbocycles.